The van der Waals surface area contributed by atoms with E-state index in [1.54, 1.807) is 0 Å². The number of aromatic nitrogens is 3. The van der Waals surface area contributed by atoms with Gasteiger partial charge in [-0.15, -0.1) is 5.10 Å². The van der Waals surface area contributed by atoms with Crippen LogP contribution in [0.2, 0.25) is 0 Å². The molecular weight excluding hydrogens is 488 g/mol. The lowest BCUT2D eigenvalue weighted by molar-refractivity contribution is -0.137. The highest BCUT2D eigenvalue weighted by molar-refractivity contribution is 5.94. The lowest BCUT2D eigenvalue weighted by Crippen LogP contribution is -2.36. The summed E-state index contributed by atoms with van der Waals surface area (Å²) in [5, 5.41) is 18.8. The number of aryl methyl sites for hydroxylation is 3. The average molecular weight is 523 g/mol. The molecule has 1 amide bonds. The van der Waals surface area contributed by atoms with E-state index in [1.165, 1.54) is 11.1 Å². The van der Waals surface area contributed by atoms with Crippen molar-refractivity contribution in [2.45, 2.75) is 70.9 Å². The van der Waals surface area contributed by atoms with Crippen LogP contribution in [0.3, 0.4) is 0 Å². The highest BCUT2D eigenvalue weighted by Gasteiger charge is 2.26. The molecular formula is C32H34N4O3. The summed E-state index contributed by atoms with van der Waals surface area (Å²) < 4.78 is 1.98. The number of aliphatic carboxylic acids is 1. The number of nitrogens with zero attached hydrogens (tertiary/aromatic N) is 4. The van der Waals surface area contributed by atoms with Crippen LogP contribution >= 0.6 is 0 Å². The van der Waals surface area contributed by atoms with Gasteiger partial charge >= 0.3 is 5.97 Å². The molecule has 5 aliphatic rings. The predicted molar refractivity (Wildman–Crippen MR) is 150 cm³/mol. The molecule has 1 atom stereocenters. The molecule has 6 heterocycles. The van der Waals surface area contributed by atoms with Crippen LogP contribution in [-0.4, -0.2) is 43.4 Å². The Morgan fingerprint density at radius 3 is 2.59 bits per heavy atom. The second-order valence-electron chi connectivity index (χ2n) is 11.0. The van der Waals surface area contributed by atoms with Crippen LogP contribution in [0.25, 0.3) is 11.0 Å². The summed E-state index contributed by atoms with van der Waals surface area (Å²) in [5.74, 6) is -1.12. The first-order chi connectivity index (χ1) is 19.0. The standard InChI is InChI=1S/C32H34N4O3/c1-21-27-13-14-29-31(21)33-34-36(29)16-5-3-2-4-6-22-7-9-24(10-8-22)32(39)35-17-15-23-11-12-25(18-26(23)20-35)28(27)19-30(37)38/h7-14,18,28H,2-6,15-17,19-20H2,1H3,(H,37,38). The minimum atomic E-state index is -0.845. The summed E-state index contributed by atoms with van der Waals surface area (Å²) >= 11 is 0. The Labute approximate surface area is 228 Å². The largest absolute Gasteiger partial charge is 0.481 e. The Balaban J connectivity index is 1.41. The second-order valence-corrected chi connectivity index (χ2v) is 11.0. The van der Waals surface area contributed by atoms with E-state index in [0.717, 1.165) is 83.9 Å². The van der Waals surface area contributed by atoms with Gasteiger partial charge in [0.05, 0.1) is 11.9 Å². The predicted octanol–water partition coefficient (Wildman–Crippen LogP) is 5.66. The van der Waals surface area contributed by atoms with Crippen molar-refractivity contribution in [2.24, 2.45) is 0 Å². The van der Waals surface area contributed by atoms with Gasteiger partial charge in [0.15, 0.2) is 0 Å². The molecule has 9 rings (SSSR count). The molecule has 0 saturated heterocycles. The van der Waals surface area contributed by atoms with Gasteiger partial charge in [0, 0.05) is 31.1 Å². The molecule has 5 aliphatic heterocycles. The zero-order valence-electron chi connectivity index (χ0n) is 22.4. The first-order valence-corrected chi connectivity index (χ1v) is 14.0. The molecule has 0 aliphatic carbocycles. The molecule has 0 fully saturated rings. The molecule has 9 bridgehead atoms. The van der Waals surface area contributed by atoms with Crippen LogP contribution in [0.15, 0.2) is 54.6 Å². The molecule has 4 aromatic rings. The van der Waals surface area contributed by atoms with Crippen molar-refractivity contribution in [2.75, 3.05) is 6.54 Å². The van der Waals surface area contributed by atoms with Crippen molar-refractivity contribution >= 4 is 22.9 Å². The Kier molecular flexibility index (Phi) is 6.90. The first-order valence-electron chi connectivity index (χ1n) is 14.0. The quantitative estimate of drug-likeness (QED) is 0.367. The first kappa shape index (κ1) is 25.3. The topological polar surface area (TPSA) is 88.3 Å². The molecule has 7 nitrogen and oxygen atoms in total. The monoisotopic (exact) mass is 522 g/mol. The maximum Gasteiger partial charge on any atom is 0.304 e. The van der Waals surface area contributed by atoms with E-state index >= 15 is 0 Å². The minimum Gasteiger partial charge on any atom is -0.481 e. The van der Waals surface area contributed by atoms with E-state index in [4.69, 9.17) is 0 Å². The number of hydrogen-bond donors (Lipinski definition) is 1. The molecule has 0 saturated carbocycles. The van der Waals surface area contributed by atoms with Crippen LogP contribution < -0.4 is 0 Å². The molecule has 1 N–H and O–H groups in total. The summed E-state index contributed by atoms with van der Waals surface area (Å²) in [6.07, 6.45) is 6.18. The number of carboxylic acid groups (broad SMARTS) is 1. The van der Waals surface area contributed by atoms with Gasteiger partial charge in [0.1, 0.15) is 5.52 Å². The fourth-order valence-electron chi connectivity index (χ4n) is 6.22. The zero-order chi connectivity index (χ0) is 26.9. The summed E-state index contributed by atoms with van der Waals surface area (Å²) in [6, 6.07) is 18.5. The highest BCUT2D eigenvalue weighted by atomic mass is 16.4. The smallest absolute Gasteiger partial charge is 0.304 e. The number of carbonyl (C=O) groups is 2. The maximum atomic E-state index is 13.4. The third-order valence-corrected chi connectivity index (χ3v) is 8.45. The van der Waals surface area contributed by atoms with E-state index in [9.17, 15) is 14.7 Å². The molecule has 0 radical (unpaired) electrons. The van der Waals surface area contributed by atoms with Gasteiger partial charge < -0.3 is 10.0 Å². The lowest BCUT2D eigenvalue weighted by Gasteiger charge is -2.30. The summed E-state index contributed by atoms with van der Waals surface area (Å²) in [7, 11) is 0. The third kappa shape index (κ3) is 5.05. The van der Waals surface area contributed by atoms with Gasteiger partial charge in [-0.25, -0.2) is 4.68 Å². The average Bonchev–Trinajstić information content (AvgIpc) is 3.36. The van der Waals surface area contributed by atoms with Gasteiger partial charge in [0.25, 0.3) is 5.91 Å². The Morgan fingerprint density at radius 1 is 0.949 bits per heavy atom. The number of carboxylic acids is 1. The van der Waals surface area contributed by atoms with Crippen molar-refractivity contribution in [3.8, 4) is 0 Å². The van der Waals surface area contributed by atoms with E-state index in [-0.39, 0.29) is 18.2 Å². The Hall–Kier alpha value is -4.00. The third-order valence-electron chi connectivity index (χ3n) is 8.45. The van der Waals surface area contributed by atoms with Gasteiger partial charge in [-0.2, -0.15) is 0 Å². The minimum absolute atomic E-state index is 0.0196. The van der Waals surface area contributed by atoms with Crippen molar-refractivity contribution in [3.05, 3.63) is 93.5 Å². The molecule has 1 aromatic heterocycles. The van der Waals surface area contributed by atoms with Gasteiger partial charge in [0.2, 0.25) is 0 Å². The van der Waals surface area contributed by atoms with Gasteiger partial charge in [-0.1, -0.05) is 54.5 Å². The van der Waals surface area contributed by atoms with Crippen molar-refractivity contribution < 1.29 is 14.7 Å². The highest BCUT2D eigenvalue weighted by Crippen LogP contribution is 2.35. The number of carbonyl (C=O) groups excluding carboxylic acids is 1. The fourth-order valence-corrected chi connectivity index (χ4v) is 6.22. The van der Waals surface area contributed by atoms with E-state index in [2.05, 4.69) is 46.7 Å². The number of hydrogen-bond acceptors (Lipinski definition) is 4. The molecule has 1 unspecified atom stereocenters. The van der Waals surface area contributed by atoms with Gasteiger partial charge in [-0.3, -0.25) is 9.59 Å². The molecule has 0 spiro atoms. The van der Waals surface area contributed by atoms with Crippen LogP contribution in [0.1, 0.15) is 81.8 Å². The fraction of sp³-hybridized carbons (Fsp3) is 0.375. The van der Waals surface area contributed by atoms with Crippen molar-refractivity contribution in [1.82, 2.24) is 19.9 Å². The normalized spacial score (nSPS) is 18.0. The van der Waals surface area contributed by atoms with Crippen LogP contribution in [0.5, 0.6) is 0 Å². The molecule has 39 heavy (non-hydrogen) atoms. The second kappa shape index (κ2) is 10.6. The van der Waals surface area contributed by atoms with Crippen LogP contribution in [0, 0.1) is 6.92 Å². The summed E-state index contributed by atoms with van der Waals surface area (Å²) in [4.78, 5) is 27.3. The number of rotatable bonds is 2. The van der Waals surface area contributed by atoms with Crippen molar-refractivity contribution in [3.63, 3.8) is 0 Å². The summed E-state index contributed by atoms with van der Waals surface area (Å²) in [5.41, 5.74) is 9.01. The van der Waals surface area contributed by atoms with Crippen LogP contribution in [-0.2, 0) is 30.7 Å². The van der Waals surface area contributed by atoms with E-state index < -0.39 is 5.97 Å². The van der Waals surface area contributed by atoms with E-state index in [0.29, 0.717) is 13.1 Å². The summed E-state index contributed by atoms with van der Waals surface area (Å²) in [6.45, 7) is 4.03. The van der Waals surface area contributed by atoms with Gasteiger partial charge in [-0.05, 0) is 84.2 Å². The number of amides is 1. The SMILES string of the molecule is Cc1c2ccc3c1nnn3CCCCCCc1ccc(cc1)C(=O)N1CCc3ccc(cc3C1)C2CC(=O)O. The van der Waals surface area contributed by atoms with E-state index in [1.807, 2.05) is 34.7 Å². The lowest BCUT2D eigenvalue weighted by atomic mass is 9.83. The van der Waals surface area contributed by atoms with Crippen molar-refractivity contribution in [1.29, 1.82) is 0 Å². The Bertz CT molecular complexity index is 1540. The number of benzene rings is 3. The molecule has 7 heteroatoms. The zero-order valence-corrected chi connectivity index (χ0v) is 22.4. The molecule has 3 aromatic carbocycles. The molecule has 200 valence electrons. The van der Waals surface area contributed by atoms with Crippen LogP contribution in [0.4, 0.5) is 0 Å². The maximum absolute atomic E-state index is 13.4. The Morgan fingerprint density at radius 2 is 1.77 bits per heavy atom.